The molecule has 0 spiro atoms. The van der Waals surface area contributed by atoms with Crippen molar-refractivity contribution in [3.05, 3.63) is 35.9 Å². The lowest BCUT2D eigenvalue weighted by atomic mass is 9.79. The van der Waals surface area contributed by atoms with E-state index in [0.29, 0.717) is 37.2 Å². The molecule has 0 saturated carbocycles. The number of fused-ring (bicyclic) bond motifs is 1. The van der Waals surface area contributed by atoms with Gasteiger partial charge in [-0.15, -0.1) is 0 Å². The molecule has 1 amide bonds. The van der Waals surface area contributed by atoms with E-state index in [0.717, 1.165) is 12.8 Å². The maximum Gasteiger partial charge on any atom is 0.289 e. The number of ether oxygens (including phenoxy) is 1. The molecule has 0 radical (unpaired) electrons. The molecular weight excluding hydrogens is 298 g/mol. The molecule has 2 fully saturated rings. The topological polar surface area (TPSA) is 81.6 Å². The third-order valence-electron chi connectivity index (χ3n) is 4.75. The number of aromatic nitrogens is 2. The lowest BCUT2D eigenvalue weighted by molar-refractivity contribution is -0.0759. The molecule has 2 aliphatic heterocycles. The number of carbonyl (C=O) groups is 1. The van der Waals surface area contributed by atoms with E-state index in [1.54, 1.807) is 12.1 Å². The summed E-state index contributed by atoms with van der Waals surface area (Å²) < 4.78 is 16.5. The number of hydrogen-bond acceptors (Lipinski definition) is 6. The normalized spacial score (nSPS) is 27.7. The summed E-state index contributed by atoms with van der Waals surface area (Å²) in [6.07, 6.45) is 3.32. The lowest BCUT2D eigenvalue weighted by Crippen LogP contribution is -2.51. The van der Waals surface area contributed by atoms with E-state index in [1.807, 2.05) is 11.8 Å². The van der Waals surface area contributed by atoms with Gasteiger partial charge in [-0.05, 0) is 31.9 Å². The van der Waals surface area contributed by atoms with Crippen molar-refractivity contribution in [2.45, 2.75) is 31.8 Å². The highest BCUT2D eigenvalue weighted by atomic mass is 16.5. The van der Waals surface area contributed by atoms with Crippen molar-refractivity contribution in [2.24, 2.45) is 5.92 Å². The minimum atomic E-state index is -0.0699. The van der Waals surface area contributed by atoms with Gasteiger partial charge >= 0.3 is 0 Å². The van der Waals surface area contributed by atoms with Crippen LogP contribution < -0.4 is 0 Å². The molecule has 7 heteroatoms. The zero-order chi connectivity index (χ0) is 15.8. The molecule has 3 atom stereocenters. The summed E-state index contributed by atoms with van der Waals surface area (Å²) in [6.45, 7) is 3.81. The van der Waals surface area contributed by atoms with Gasteiger partial charge in [-0.2, -0.15) is 4.98 Å². The van der Waals surface area contributed by atoms with Gasteiger partial charge in [0.05, 0.1) is 12.4 Å². The minimum absolute atomic E-state index is 0.0699. The Morgan fingerprint density at radius 3 is 3.04 bits per heavy atom. The van der Waals surface area contributed by atoms with Gasteiger partial charge < -0.3 is 18.6 Å². The summed E-state index contributed by atoms with van der Waals surface area (Å²) >= 11 is 0. The smallest absolute Gasteiger partial charge is 0.289 e. The highest BCUT2D eigenvalue weighted by molar-refractivity contribution is 5.91. The molecule has 2 aliphatic rings. The highest BCUT2D eigenvalue weighted by Crippen LogP contribution is 2.39. The zero-order valence-corrected chi connectivity index (χ0v) is 13.0. The minimum Gasteiger partial charge on any atom is -0.459 e. The molecule has 4 heterocycles. The van der Waals surface area contributed by atoms with Crippen LogP contribution >= 0.6 is 0 Å². The van der Waals surface area contributed by atoms with Crippen molar-refractivity contribution >= 4 is 5.91 Å². The van der Waals surface area contributed by atoms with Crippen molar-refractivity contribution < 1.29 is 18.5 Å². The molecule has 0 unspecified atom stereocenters. The van der Waals surface area contributed by atoms with Crippen LogP contribution in [-0.2, 0) is 4.74 Å². The average Bonchev–Trinajstić information content (AvgIpc) is 3.24. The summed E-state index contributed by atoms with van der Waals surface area (Å²) in [5, 5.41) is 3.90. The second-order valence-corrected chi connectivity index (χ2v) is 6.17. The summed E-state index contributed by atoms with van der Waals surface area (Å²) in [7, 11) is 0. The van der Waals surface area contributed by atoms with Crippen LogP contribution in [0.5, 0.6) is 0 Å². The van der Waals surface area contributed by atoms with E-state index in [4.69, 9.17) is 13.7 Å². The summed E-state index contributed by atoms with van der Waals surface area (Å²) in [4.78, 5) is 18.8. The molecule has 0 N–H and O–H groups in total. The molecular formula is C16H19N3O4. The maximum atomic E-state index is 12.5. The number of carbonyl (C=O) groups excluding carboxylic acids is 1. The Bertz CT molecular complexity index is 681. The predicted molar refractivity (Wildman–Crippen MR) is 78.9 cm³/mol. The van der Waals surface area contributed by atoms with Gasteiger partial charge in [-0.3, -0.25) is 4.79 Å². The Balaban J connectivity index is 1.55. The van der Waals surface area contributed by atoms with Crippen molar-refractivity contribution in [3.8, 4) is 0 Å². The van der Waals surface area contributed by atoms with Crippen molar-refractivity contribution in [2.75, 3.05) is 19.7 Å². The number of hydrogen-bond donors (Lipinski definition) is 0. The zero-order valence-electron chi connectivity index (χ0n) is 13.0. The van der Waals surface area contributed by atoms with Gasteiger partial charge in [0, 0.05) is 31.5 Å². The van der Waals surface area contributed by atoms with Gasteiger partial charge in [0.15, 0.2) is 11.6 Å². The molecule has 2 saturated heterocycles. The third kappa shape index (κ3) is 2.65. The third-order valence-corrected chi connectivity index (χ3v) is 4.75. The SMILES string of the molecule is Cc1noc([C@@H]2CCO[C@@H]3CCN(C(=O)c4ccco4)C[C@@H]32)n1. The van der Waals surface area contributed by atoms with Crippen LogP contribution in [-0.4, -0.2) is 46.7 Å². The van der Waals surface area contributed by atoms with Gasteiger partial charge in [-0.1, -0.05) is 5.16 Å². The van der Waals surface area contributed by atoms with Crippen LogP contribution in [0, 0.1) is 12.8 Å². The number of aryl methyl sites for hydroxylation is 1. The molecule has 23 heavy (non-hydrogen) atoms. The van der Waals surface area contributed by atoms with Gasteiger partial charge in [-0.25, -0.2) is 0 Å². The summed E-state index contributed by atoms with van der Waals surface area (Å²) in [5.41, 5.74) is 0. The Morgan fingerprint density at radius 2 is 2.30 bits per heavy atom. The lowest BCUT2D eigenvalue weighted by Gasteiger charge is -2.43. The first-order valence-electron chi connectivity index (χ1n) is 7.97. The number of piperidine rings is 1. The second-order valence-electron chi connectivity index (χ2n) is 6.17. The van der Waals surface area contributed by atoms with Crippen LogP contribution in [0.15, 0.2) is 27.3 Å². The molecule has 0 aliphatic carbocycles. The first-order chi connectivity index (χ1) is 11.2. The fourth-order valence-electron chi connectivity index (χ4n) is 3.63. The Hall–Kier alpha value is -2.15. The largest absolute Gasteiger partial charge is 0.459 e. The Labute approximate surface area is 133 Å². The predicted octanol–water partition coefficient (Wildman–Crippen LogP) is 2.01. The molecule has 0 bridgehead atoms. The van der Waals surface area contributed by atoms with Crippen LogP contribution in [0.1, 0.15) is 41.0 Å². The number of amides is 1. The van der Waals surface area contributed by atoms with E-state index < -0.39 is 0 Å². The van der Waals surface area contributed by atoms with Gasteiger partial charge in [0.2, 0.25) is 5.89 Å². The Kier molecular flexibility index (Phi) is 3.65. The summed E-state index contributed by atoms with van der Waals surface area (Å²) in [6, 6.07) is 3.43. The van der Waals surface area contributed by atoms with Crippen molar-refractivity contribution in [1.29, 1.82) is 0 Å². The van der Waals surface area contributed by atoms with E-state index in [9.17, 15) is 4.79 Å². The first kappa shape index (κ1) is 14.4. The van der Waals surface area contributed by atoms with E-state index in [1.165, 1.54) is 6.26 Å². The number of nitrogens with zero attached hydrogens (tertiary/aromatic N) is 3. The second kappa shape index (κ2) is 5.81. The number of likely N-dealkylation sites (tertiary alicyclic amines) is 1. The number of furan rings is 1. The molecule has 7 nitrogen and oxygen atoms in total. The van der Waals surface area contributed by atoms with Crippen LogP contribution in [0.3, 0.4) is 0 Å². The van der Waals surface area contributed by atoms with Crippen LogP contribution in [0.4, 0.5) is 0 Å². The Morgan fingerprint density at radius 1 is 1.39 bits per heavy atom. The van der Waals surface area contributed by atoms with Gasteiger partial charge in [0.25, 0.3) is 5.91 Å². The van der Waals surface area contributed by atoms with Crippen molar-refractivity contribution in [1.82, 2.24) is 15.0 Å². The quantitative estimate of drug-likeness (QED) is 0.842. The van der Waals surface area contributed by atoms with Crippen LogP contribution in [0.25, 0.3) is 0 Å². The van der Waals surface area contributed by atoms with E-state index in [2.05, 4.69) is 10.1 Å². The summed E-state index contributed by atoms with van der Waals surface area (Å²) in [5.74, 6) is 1.93. The van der Waals surface area contributed by atoms with Crippen LogP contribution in [0.2, 0.25) is 0 Å². The fourth-order valence-corrected chi connectivity index (χ4v) is 3.63. The molecule has 2 aromatic rings. The van der Waals surface area contributed by atoms with E-state index >= 15 is 0 Å². The molecule has 2 aromatic heterocycles. The average molecular weight is 317 g/mol. The molecule has 4 rings (SSSR count). The monoisotopic (exact) mass is 317 g/mol. The molecule has 0 aromatic carbocycles. The maximum absolute atomic E-state index is 12.5. The highest BCUT2D eigenvalue weighted by Gasteiger charge is 2.42. The molecule has 122 valence electrons. The standard InChI is InChI=1S/C16H19N3O4/c1-10-17-15(23-18-10)11-5-8-22-13-4-6-19(9-12(11)13)16(20)14-3-2-7-21-14/h2-3,7,11-13H,4-6,8-9H2,1H3/t11-,12-,13-/m1/s1. The van der Waals surface area contributed by atoms with Gasteiger partial charge in [0.1, 0.15) is 0 Å². The fraction of sp³-hybridized carbons (Fsp3) is 0.562. The van der Waals surface area contributed by atoms with Crippen molar-refractivity contribution in [3.63, 3.8) is 0 Å². The first-order valence-corrected chi connectivity index (χ1v) is 7.97. The van der Waals surface area contributed by atoms with E-state index in [-0.39, 0.29) is 23.8 Å². The number of rotatable bonds is 2.